The van der Waals surface area contributed by atoms with E-state index >= 15 is 0 Å². The number of aryl methyl sites for hydroxylation is 1. The molecule has 0 aliphatic rings. The van der Waals surface area contributed by atoms with Crippen molar-refractivity contribution in [2.45, 2.75) is 13.5 Å². The molecule has 0 bridgehead atoms. The number of carbonyl (C=O) groups excluding carboxylic acids is 1. The molecule has 21 heavy (non-hydrogen) atoms. The molecule has 0 aliphatic carbocycles. The first-order chi connectivity index (χ1) is 10.2. The van der Waals surface area contributed by atoms with Gasteiger partial charge >= 0.3 is 0 Å². The standard InChI is InChI=1S/C15H14N4OS/c1-11-10-21-15(17-11)18-14(20)13-3-2-8-19(13)9-12-4-6-16-7-5-12/h2-8,10H,9H2,1H3,(H,17,18,20). The summed E-state index contributed by atoms with van der Waals surface area (Å²) in [5.74, 6) is -0.150. The highest BCUT2D eigenvalue weighted by atomic mass is 32.1. The van der Waals surface area contributed by atoms with Crippen molar-refractivity contribution in [2.75, 3.05) is 5.32 Å². The van der Waals surface area contributed by atoms with Crippen LogP contribution in [-0.4, -0.2) is 20.4 Å². The van der Waals surface area contributed by atoms with Crippen molar-refractivity contribution in [1.82, 2.24) is 14.5 Å². The van der Waals surface area contributed by atoms with Gasteiger partial charge in [0.15, 0.2) is 5.13 Å². The molecule has 0 atom stereocenters. The van der Waals surface area contributed by atoms with Crippen LogP contribution in [0.2, 0.25) is 0 Å². The van der Waals surface area contributed by atoms with Gasteiger partial charge in [0.1, 0.15) is 5.69 Å². The molecular weight excluding hydrogens is 284 g/mol. The van der Waals surface area contributed by atoms with E-state index in [-0.39, 0.29) is 5.91 Å². The molecule has 0 spiro atoms. The third-order valence-electron chi connectivity index (χ3n) is 3.00. The van der Waals surface area contributed by atoms with Gasteiger partial charge in [-0.15, -0.1) is 11.3 Å². The zero-order chi connectivity index (χ0) is 14.7. The summed E-state index contributed by atoms with van der Waals surface area (Å²) in [6, 6.07) is 7.54. The van der Waals surface area contributed by atoms with Crippen molar-refractivity contribution in [3.8, 4) is 0 Å². The van der Waals surface area contributed by atoms with E-state index in [2.05, 4.69) is 15.3 Å². The van der Waals surface area contributed by atoms with Crippen molar-refractivity contribution in [3.05, 3.63) is 65.2 Å². The van der Waals surface area contributed by atoms with Crippen molar-refractivity contribution in [2.24, 2.45) is 0 Å². The van der Waals surface area contributed by atoms with Crippen LogP contribution in [0.15, 0.2) is 48.2 Å². The molecule has 6 heteroatoms. The number of hydrogen-bond acceptors (Lipinski definition) is 4. The minimum Gasteiger partial charge on any atom is -0.339 e. The minimum absolute atomic E-state index is 0.150. The Kier molecular flexibility index (Phi) is 3.79. The molecular formula is C15H14N4OS. The fraction of sp³-hybridized carbons (Fsp3) is 0.133. The topological polar surface area (TPSA) is 59.8 Å². The summed E-state index contributed by atoms with van der Waals surface area (Å²) >= 11 is 1.42. The number of aromatic nitrogens is 3. The number of carbonyl (C=O) groups is 1. The fourth-order valence-electron chi connectivity index (χ4n) is 2.02. The maximum Gasteiger partial charge on any atom is 0.274 e. The smallest absolute Gasteiger partial charge is 0.274 e. The van der Waals surface area contributed by atoms with Gasteiger partial charge in [-0.2, -0.15) is 0 Å². The summed E-state index contributed by atoms with van der Waals surface area (Å²) in [6.45, 7) is 2.54. The molecule has 0 radical (unpaired) electrons. The lowest BCUT2D eigenvalue weighted by Gasteiger charge is -2.08. The predicted molar refractivity (Wildman–Crippen MR) is 82.6 cm³/mol. The van der Waals surface area contributed by atoms with E-state index in [1.807, 2.05) is 41.3 Å². The van der Waals surface area contributed by atoms with E-state index < -0.39 is 0 Å². The number of hydrogen-bond donors (Lipinski definition) is 1. The summed E-state index contributed by atoms with van der Waals surface area (Å²) in [7, 11) is 0. The zero-order valence-electron chi connectivity index (χ0n) is 11.5. The summed E-state index contributed by atoms with van der Waals surface area (Å²) in [4.78, 5) is 20.6. The van der Waals surface area contributed by atoms with Gasteiger partial charge < -0.3 is 4.57 Å². The van der Waals surface area contributed by atoms with E-state index in [9.17, 15) is 4.79 Å². The quantitative estimate of drug-likeness (QED) is 0.805. The Hall–Kier alpha value is -2.47. The Bertz CT molecular complexity index is 748. The van der Waals surface area contributed by atoms with Crippen LogP contribution in [-0.2, 0) is 6.54 Å². The highest BCUT2D eigenvalue weighted by Gasteiger charge is 2.12. The second kappa shape index (κ2) is 5.88. The van der Waals surface area contributed by atoms with E-state index in [0.717, 1.165) is 11.3 Å². The van der Waals surface area contributed by atoms with E-state index in [1.165, 1.54) is 11.3 Å². The number of anilines is 1. The van der Waals surface area contributed by atoms with Gasteiger partial charge in [-0.05, 0) is 36.8 Å². The lowest BCUT2D eigenvalue weighted by atomic mass is 10.2. The second-order valence-corrected chi connectivity index (χ2v) is 5.48. The molecule has 1 N–H and O–H groups in total. The van der Waals surface area contributed by atoms with Gasteiger partial charge in [0, 0.05) is 30.5 Å². The van der Waals surface area contributed by atoms with Crippen LogP contribution in [0, 0.1) is 6.92 Å². The van der Waals surface area contributed by atoms with Crippen LogP contribution < -0.4 is 5.32 Å². The second-order valence-electron chi connectivity index (χ2n) is 4.62. The van der Waals surface area contributed by atoms with Crippen LogP contribution in [0.5, 0.6) is 0 Å². The summed E-state index contributed by atoms with van der Waals surface area (Å²) in [6.07, 6.45) is 5.39. The minimum atomic E-state index is -0.150. The van der Waals surface area contributed by atoms with Gasteiger partial charge in [0.2, 0.25) is 0 Å². The Balaban J connectivity index is 1.77. The first kappa shape index (κ1) is 13.5. The third kappa shape index (κ3) is 3.17. The van der Waals surface area contributed by atoms with Crippen LogP contribution in [0.1, 0.15) is 21.7 Å². The van der Waals surface area contributed by atoms with E-state index in [0.29, 0.717) is 17.4 Å². The van der Waals surface area contributed by atoms with Crippen molar-refractivity contribution in [1.29, 1.82) is 0 Å². The van der Waals surface area contributed by atoms with Gasteiger partial charge in [-0.3, -0.25) is 15.1 Å². The molecule has 3 aromatic heterocycles. The predicted octanol–water partition coefficient (Wildman–Crippen LogP) is 2.95. The summed E-state index contributed by atoms with van der Waals surface area (Å²) in [5, 5.41) is 5.35. The lowest BCUT2D eigenvalue weighted by molar-refractivity contribution is 0.101. The third-order valence-corrected chi connectivity index (χ3v) is 3.88. The summed E-state index contributed by atoms with van der Waals surface area (Å²) in [5.41, 5.74) is 2.61. The maximum atomic E-state index is 12.3. The van der Waals surface area contributed by atoms with Crippen molar-refractivity contribution in [3.63, 3.8) is 0 Å². The molecule has 1 amide bonds. The van der Waals surface area contributed by atoms with Crippen LogP contribution >= 0.6 is 11.3 Å². The molecule has 5 nitrogen and oxygen atoms in total. The Morgan fingerprint density at radius 2 is 2.14 bits per heavy atom. The highest BCUT2D eigenvalue weighted by molar-refractivity contribution is 7.13. The van der Waals surface area contributed by atoms with Gasteiger partial charge in [0.05, 0.1) is 5.69 Å². The normalized spacial score (nSPS) is 10.5. The number of nitrogens with zero attached hydrogens (tertiary/aromatic N) is 3. The monoisotopic (exact) mass is 298 g/mol. The average molecular weight is 298 g/mol. The van der Waals surface area contributed by atoms with Gasteiger partial charge in [-0.25, -0.2) is 4.98 Å². The molecule has 3 aromatic rings. The number of nitrogens with one attached hydrogen (secondary N) is 1. The molecule has 0 aromatic carbocycles. The molecule has 3 rings (SSSR count). The average Bonchev–Trinajstić information content (AvgIpc) is 3.09. The number of rotatable bonds is 4. The Morgan fingerprint density at radius 3 is 2.86 bits per heavy atom. The Morgan fingerprint density at radius 1 is 1.33 bits per heavy atom. The number of pyridine rings is 1. The number of amides is 1. The fourth-order valence-corrected chi connectivity index (χ4v) is 2.70. The lowest BCUT2D eigenvalue weighted by Crippen LogP contribution is -2.17. The molecule has 0 saturated heterocycles. The van der Waals surface area contributed by atoms with E-state index in [1.54, 1.807) is 18.5 Å². The largest absolute Gasteiger partial charge is 0.339 e. The van der Waals surface area contributed by atoms with Crippen molar-refractivity contribution < 1.29 is 4.79 Å². The Labute approximate surface area is 126 Å². The summed E-state index contributed by atoms with van der Waals surface area (Å²) < 4.78 is 1.91. The van der Waals surface area contributed by atoms with Crippen LogP contribution in [0.25, 0.3) is 0 Å². The van der Waals surface area contributed by atoms with Gasteiger partial charge in [-0.1, -0.05) is 0 Å². The van der Waals surface area contributed by atoms with Crippen LogP contribution in [0.3, 0.4) is 0 Å². The number of thiazole rings is 1. The SMILES string of the molecule is Cc1csc(NC(=O)c2cccn2Cc2ccncc2)n1. The zero-order valence-corrected chi connectivity index (χ0v) is 12.3. The first-order valence-electron chi connectivity index (χ1n) is 6.50. The van der Waals surface area contributed by atoms with E-state index in [4.69, 9.17) is 0 Å². The highest BCUT2D eigenvalue weighted by Crippen LogP contribution is 2.16. The molecule has 3 heterocycles. The van der Waals surface area contributed by atoms with Crippen LogP contribution in [0.4, 0.5) is 5.13 Å². The molecule has 0 aliphatic heterocycles. The molecule has 0 unspecified atom stereocenters. The molecule has 106 valence electrons. The maximum absolute atomic E-state index is 12.3. The van der Waals surface area contributed by atoms with Gasteiger partial charge in [0.25, 0.3) is 5.91 Å². The van der Waals surface area contributed by atoms with Crippen molar-refractivity contribution >= 4 is 22.4 Å². The first-order valence-corrected chi connectivity index (χ1v) is 7.38. The molecule has 0 fully saturated rings. The molecule has 0 saturated carbocycles.